The number of nitrogens with one attached hydrogen (secondary N) is 1. The smallest absolute Gasteiger partial charge is 0.265 e. The van der Waals surface area contributed by atoms with Gasteiger partial charge in [-0.05, 0) is 29.8 Å². The maximum atomic E-state index is 12.5. The molecular weight excluding hydrogens is 370 g/mol. The topological polar surface area (TPSA) is 71.1 Å². The molecule has 2 aromatic rings. The summed E-state index contributed by atoms with van der Waals surface area (Å²) in [5.41, 5.74) is 2.64. The average molecular weight is 395 g/mol. The van der Waals surface area contributed by atoms with E-state index in [0.29, 0.717) is 18.0 Å². The minimum atomic E-state index is -0.135. The highest BCUT2D eigenvalue weighted by Gasteiger charge is 2.25. The van der Waals surface area contributed by atoms with Crippen LogP contribution >= 0.6 is 0 Å². The number of hydrogen-bond acceptors (Lipinski definition) is 5. The van der Waals surface area contributed by atoms with Crippen LogP contribution in [0.3, 0.4) is 0 Å². The lowest BCUT2D eigenvalue weighted by atomic mass is 10.1. The number of benzene rings is 2. The second-order valence-electron chi connectivity index (χ2n) is 7.19. The highest BCUT2D eigenvalue weighted by molar-refractivity contribution is 5.99. The summed E-state index contributed by atoms with van der Waals surface area (Å²) in [6.45, 7) is 4.53. The van der Waals surface area contributed by atoms with Gasteiger partial charge in [-0.1, -0.05) is 24.3 Å². The van der Waals surface area contributed by atoms with Crippen LogP contribution in [0, 0.1) is 0 Å². The van der Waals surface area contributed by atoms with Gasteiger partial charge in [0.25, 0.3) is 5.91 Å². The van der Waals surface area contributed by atoms with Gasteiger partial charge in [-0.25, -0.2) is 0 Å². The fourth-order valence-electron chi connectivity index (χ4n) is 3.60. The fraction of sp³-hybridized carbons (Fsp3) is 0.364. The third kappa shape index (κ3) is 4.93. The number of nitrogens with zero attached hydrogens (tertiary/aromatic N) is 2. The molecule has 0 spiro atoms. The number of carbonyl (C=O) groups is 2. The summed E-state index contributed by atoms with van der Waals surface area (Å²) >= 11 is 0. The molecule has 1 N–H and O–H groups in total. The van der Waals surface area contributed by atoms with Crippen molar-refractivity contribution in [2.75, 3.05) is 49.7 Å². The predicted molar refractivity (Wildman–Crippen MR) is 110 cm³/mol. The summed E-state index contributed by atoms with van der Waals surface area (Å²) in [4.78, 5) is 28.6. The molecule has 2 aliphatic heterocycles. The Morgan fingerprint density at radius 2 is 1.90 bits per heavy atom. The maximum Gasteiger partial charge on any atom is 0.265 e. The zero-order valence-electron chi connectivity index (χ0n) is 16.3. The Morgan fingerprint density at radius 3 is 2.76 bits per heavy atom. The first-order valence-corrected chi connectivity index (χ1v) is 9.90. The minimum Gasteiger partial charge on any atom is -0.482 e. The lowest BCUT2D eigenvalue weighted by Gasteiger charge is -2.29. The Labute approximate surface area is 170 Å². The number of rotatable bonds is 6. The molecule has 29 heavy (non-hydrogen) atoms. The van der Waals surface area contributed by atoms with E-state index in [1.54, 1.807) is 4.90 Å². The van der Waals surface area contributed by atoms with Crippen molar-refractivity contribution in [3.8, 4) is 5.75 Å². The number of hydrogen-bond donors (Lipinski definition) is 1. The second-order valence-corrected chi connectivity index (χ2v) is 7.19. The third-order valence-electron chi connectivity index (χ3n) is 5.09. The van der Waals surface area contributed by atoms with Crippen LogP contribution in [0.5, 0.6) is 5.75 Å². The number of ether oxygens (including phenoxy) is 2. The Balaban J connectivity index is 1.33. The molecule has 2 aliphatic rings. The summed E-state index contributed by atoms with van der Waals surface area (Å²) < 4.78 is 10.8. The molecule has 0 atom stereocenters. The number of fused-ring (bicyclic) bond motifs is 1. The van der Waals surface area contributed by atoms with Crippen LogP contribution in [-0.2, 0) is 20.9 Å². The summed E-state index contributed by atoms with van der Waals surface area (Å²) in [5, 5.41) is 2.95. The monoisotopic (exact) mass is 395 g/mol. The number of carbonyl (C=O) groups excluding carboxylic acids is 2. The molecule has 4 rings (SSSR count). The lowest BCUT2D eigenvalue weighted by molar-refractivity contribution is -0.121. The Bertz CT molecular complexity index is 880. The molecule has 0 aromatic heterocycles. The van der Waals surface area contributed by atoms with Gasteiger partial charge in [0.15, 0.2) is 6.61 Å². The van der Waals surface area contributed by atoms with E-state index >= 15 is 0 Å². The van der Waals surface area contributed by atoms with Crippen molar-refractivity contribution >= 4 is 23.2 Å². The van der Waals surface area contributed by atoms with Gasteiger partial charge in [0.2, 0.25) is 5.91 Å². The summed E-state index contributed by atoms with van der Waals surface area (Å²) in [5.74, 6) is 0.414. The van der Waals surface area contributed by atoms with Crippen LogP contribution in [0.25, 0.3) is 0 Å². The van der Waals surface area contributed by atoms with Gasteiger partial charge < -0.3 is 19.7 Å². The molecule has 152 valence electrons. The third-order valence-corrected chi connectivity index (χ3v) is 5.09. The molecule has 1 saturated heterocycles. The van der Waals surface area contributed by atoms with Gasteiger partial charge in [0.05, 0.1) is 18.9 Å². The van der Waals surface area contributed by atoms with Crippen LogP contribution in [-0.4, -0.2) is 56.2 Å². The van der Waals surface area contributed by atoms with Crippen molar-refractivity contribution in [2.45, 2.75) is 13.0 Å². The molecule has 0 radical (unpaired) electrons. The predicted octanol–water partition coefficient (Wildman–Crippen LogP) is 2.27. The van der Waals surface area contributed by atoms with E-state index in [-0.39, 0.29) is 24.8 Å². The van der Waals surface area contributed by atoms with E-state index in [2.05, 4.69) is 16.3 Å². The number of anilines is 2. The molecule has 0 bridgehead atoms. The summed E-state index contributed by atoms with van der Waals surface area (Å²) in [7, 11) is 0. The van der Waals surface area contributed by atoms with Crippen LogP contribution < -0.4 is 15.0 Å². The molecule has 0 aliphatic carbocycles. The highest BCUT2D eigenvalue weighted by atomic mass is 16.5. The van der Waals surface area contributed by atoms with Crippen molar-refractivity contribution in [2.24, 2.45) is 0 Å². The fourth-order valence-corrected chi connectivity index (χ4v) is 3.60. The number of amides is 2. The van der Waals surface area contributed by atoms with E-state index in [0.717, 1.165) is 44.1 Å². The molecule has 0 saturated carbocycles. The van der Waals surface area contributed by atoms with E-state index in [1.165, 1.54) is 0 Å². The van der Waals surface area contributed by atoms with Crippen molar-refractivity contribution in [1.29, 1.82) is 0 Å². The van der Waals surface area contributed by atoms with Crippen LogP contribution in [0.15, 0.2) is 48.5 Å². The Kier molecular flexibility index (Phi) is 6.07. The highest BCUT2D eigenvalue weighted by Crippen LogP contribution is 2.31. The van der Waals surface area contributed by atoms with Gasteiger partial charge in [-0.2, -0.15) is 0 Å². The van der Waals surface area contributed by atoms with Gasteiger partial charge >= 0.3 is 0 Å². The summed E-state index contributed by atoms with van der Waals surface area (Å²) in [6, 6.07) is 15.3. The molecule has 1 fully saturated rings. The molecule has 2 heterocycles. The average Bonchev–Trinajstić information content (AvgIpc) is 2.74. The van der Waals surface area contributed by atoms with E-state index in [4.69, 9.17) is 9.47 Å². The molecule has 0 unspecified atom stereocenters. The van der Waals surface area contributed by atoms with Gasteiger partial charge in [0.1, 0.15) is 5.75 Å². The standard InChI is InChI=1S/C22H25N3O4/c26-21(8-9-25-19-6-1-2-7-20(19)29-16-22(25)27)23-18-5-3-4-17(14-18)15-24-10-12-28-13-11-24/h1-7,14H,8-13,15-16H2,(H,23,26). The number of morpholine rings is 1. The van der Waals surface area contributed by atoms with Gasteiger partial charge in [0, 0.05) is 38.3 Å². The number of para-hydroxylation sites is 2. The minimum absolute atomic E-state index is 0.00220. The van der Waals surface area contributed by atoms with E-state index in [1.807, 2.05) is 42.5 Å². The maximum absolute atomic E-state index is 12.5. The molecule has 7 nitrogen and oxygen atoms in total. The molecular formula is C22H25N3O4. The van der Waals surface area contributed by atoms with Crippen molar-refractivity contribution in [3.63, 3.8) is 0 Å². The quantitative estimate of drug-likeness (QED) is 0.813. The second kappa shape index (κ2) is 9.07. The SMILES string of the molecule is O=C(CCN1C(=O)COc2ccccc21)Nc1cccc(CN2CCOCC2)c1. The molecule has 2 amide bonds. The molecule has 2 aromatic carbocycles. The van der Waals surface area contributed by atoms with Crippen LogP contribution in [0.2, 0.25) is 0 Å². The first-order chi connectivity index (χ1) is 14.2. The lowest BCUT2D eigenvalue weighted by Crippen LogP contribution is -2.40. The largest absolute Gasteiger partial charge is 0.482 e. The normalized spacial score (nSPS) is 16.8. The van der Waals surface area contributed by atoms with Crippen molar-refractivity contribution < 1.29 is 19.1 Å². The van der Waals surface area contributed by atoms with Gasteiger partial charge in [-0.15, -0.1) is 0 Å². The van der Waals surface area contributed by atoms with Gasteiger partial charge in [-0.3, -0.25) is 14.5 Å². The van der Waals surface area contributed by atoms with E-state index in [9.17, 15) is 9.59 Å². The van der Waals surface area contributed by atoms with Crippen molar-refractivity contribution in [1.82, 2.24) is 4.90 Å². The molecule has 7 heteroatoms. The first-order valence-electron chi connectivity index (χ1n) is 9.90. The summed E-state index contributed by atoms with van der Waals surface area (Å²) in [6.07, 6.45) is 0.216. The first kappa shape index (κ1) is 19.4. The van der Waals surface area contributed by atoms with Crippen molar-refractivity contribution in [3.05, 3.63) is 54.1 Å². The Hall–Kier alpha value is -2.90. The zero-order valence-corrected chi connectivity index (χ0v) is 16.3. The Morgan fingerprint density at radius 1 is 1.07 bits per heavy atom. The zero-order chi connectivity index (χ0) is 20.1. The van der Waals surface area contributed by atoms with Crippen LogP contribution in [0.4, 0.5) is 11.4 Å². The van der Waals surface area contributed by atoms with Crippen LogP contribution in [0.1, 0.15) is 12.0 Å². The van der Waals surface area contributed by atoms with E-state index < -0.39 is 0 Å².